The molecule has 1 atom stereocenters. The molecule has 1 amide bonds. The Kier molecular flexibility index (Phi) is 5.06. The van der Waals surface area contributed by atoms with Crippen LogP contribution in [-0.2, 0) is 4.79 Å². The van der Waals surface area contributed by atoms with Crippen LogP contribution in [0.4, 0.5) is 4.39 Å². The van der Waals surface area contributed by atoms with E-state index in [1.165, 1.54) is 12.1 Å². The molecule has 1 aromatic carbocycles. The molecule has 0 aliphatic carbocycles. The molecule has 1 aromatic rings. The van der Waals surface area contributed by atoms with Gasteiger partial charge in [-0.2, -0.15) is 0 Å². The van der Waals surface area contributed by atoms with Crippen LogP contribution in [0.1, 0.15) is 18.5 Å². The van der Waals surface area contributed by atoms with Gasteiger partial charge < -0.3 is 11.5 Å². The summed E-state index contributed by atoms with van der Waals surface area (Å²) in [5.74, 6) is -0.685. The molecule has 0 bridgehead atoms. The fraction of sp³-hybridized carbons (Fsp3) is 0.417. The van der Waals surface area contributed by atoms with E-state index in [1.807, 2.05) is 11.8 Å². The van der Waals surface area contributed by atoms with Crippen LogP contribution >= 0.6 is 0 Å². The van der Waals surface area contributed by atoms with Gasteiger partial charge in [-0.05, 0) is 24.2 Å². The molecule has 0 fully saturated rings. The van der Waals surface area contributed by atoms with Crippen molar-refractivity contribution in [1.29, 1.82) is 0 Å². The molecule has 0 aliphatic rings. The summed E-state index contributed by atoms with van der Waals surface area (Å²) < 4.78 is 12.8. The average Bonchev–Trinajstić information content (AvgIpc) is 2.30. The van der Waals surface area contributed by atoms with Crippen LogP contribution in [0.5, 0.6) is 0 Å². The second-order valence-electron chi connectivity index (χ2n) is 3.83. The first-order valence-electron chi connectivity index (χ1n) is 5.56. The standard InChI is InChI=1S/C12H18FN3O/c1-2-16(8-12(15)17)11(7-14)9-3-5-10(13)6-4-9/h3-6,11H,2,7-8,14H2,1H3,(H2,15,17). The first-order chi connectivity index (χ1) is 8.08. The topological polar surface area (TPSA) is 72.3 Å². The van der Waals surface area contributed by atoms with E-state index in [9.17, 15) is 9.18 Å². The summed E-state index contributed by atoms with van der Waals surface area (Å²) in [4.78, 5) is 12.8. The number of nitrogens with two attached hydrogens (primary N) is 2. The number of hydrogen-bond acceptors (Lipinski definition) is 3. The Labute approximate surface area is 100 Å². The highest BCUT2D eigenvalue weighted by Gasteiger charge is 2.19. The third kappa shape index (κ3) is 3.80. The molecule has 5 heteroatoms. The van der Waals surface area contributed by atoms with E-state index in [2.05, 4.69) is 0 Å². The van der Waals surface area contributed by atoms with E-state index in [-0.39, 0.29) is 18.4 Å². The second kappa shape index (κ2) is 6.32. The summed E-state index contributed by atoms with van der Waals surface area (Å²) in [5, 5.41) is 0. The minimum atomic E-state index is -0.396. The lowest BCUT2D eigenvalue weighted by atomic mass is 10.1. The lowest BCUT2D eigenvalue weighted by molar-refractivity contribution is -0.119. The molecule has 4 nitrogen and oxygen atoms in total. The van der Waals surface area contributed by atoms with Gasteiger partial charge in [0.15, 0.2) is 0 Å². The monoisotopic (exact) mass is 239 g/mol. The molecule has 0 radical (unpaired) electrons. The molecule has 0 saturated carbocycles. The van der Waals surface area contributed by atoms with Gasteiger partial charge in [-0.15, -0.1) is 0 Å². The van der Waals surface area contributed by atoms with E-state index in [1.54, 1.807) is 12.1 Å². The lowest BCUT2D eigenvalue weighted by Gasteiger charge is -2.28. The fourth-order valence-electron chi connectivity index (χ4n) is 1.82. The normalized spacial score (nSPS) is 12.7. The van der Waals surface area contributed by atoms with Gasteiger partial charge in [0.25, 0.3) is 0 Å². The van der Waals surface area contributed by atoms with Crippen LogP contribution in [0.2, 0.25) is 0 Å². The summed E-state index contributed by atoms with van der Waals surface area (Å²) in [6.07, 6.45) is 0. The summed E-state index contributed by atoms with van der Waals surface area (Å²) in [6.45, 7) is 3.08. The van der Waals surface area contributed by atoms with Crippen LogP contribution in [-0.4, -0.2) is 30.4 Å². The quantitative estimate of drug-likeness (QED) is 0.765. The Morgan fingerprint density at radius 2 is 2.00 bits per heavy atom. The lowest BCUT2D eigenvalue weighted by Crippen LogP contribution is -2.39. The molecular formula is C12H18FN3O. The third-order valence-electron chi connectivity index (χ3n) is 2.68. The van der Waals surface area contributed by atoms with E-state index in [0.29, 0.717) is 13.1 Å². The predicted molar refractivity (Wildman–Crippen MR) is 64.6 cm³/mol. The van der Waals surface area contributed by atoms with Gasteiger partial charge in [-0.3, -0.25) is 9.69 Å². The molecule has 17 heavy (non-hydrogen) atoms. The first kappa shape index (κ1) is 13.6. The highest BCUT2D eigenvalue weighted by atomic mass is 19.1. The Hall–Kier alpha value is -1.46. The van der Waals surface area contributed by atoms with Crippen molar-refractivity contribution >= 4 is 5.91 Å². The van der Waals surface area contributed by atoms with Crippen LogP contribution in [0, 0.1) is 5.82 Å². The maximum Gasteiger partial charge on any atom is 0.231 e. The summed E-state index contributed by atoms with van der Waals surface area (Å²) >= 11 is 0. The number of carbonyl (C=O) groups excluding carboxylic acids is 1. The molecule has 1 unspecified atom stereocenters. The number of primary amides is 1. The number of nitrogens with zero attached hydrogens (tertiary/aromatic N) is 1. The number of amides is 1. The molecule has 0 heterocycles. The molecule has 4 N–H and O–H groups in total. The number of rotatable bonds is 6. The van der Waals surface area contributed by atoms with Gasteiger partial charge in [0.1, 0.15) is 5.82 Å². The number of likely N-dealkylation sites (N-methyl/N-ethyl adjacent to an activating group) is 1. The van der Waals surface area contributed by atoms with Crippen molar-refractivity contribution in [2.75, 3.05) is 19.6 Å². The Balaban J connectivity index is 2.88. The number of hydrogen-bond donors (Lipinski definition) is 2. The summed E-state index contributed by atoms with van der Waals surface area (Å²) in [5.41, 5.74) is 11.8. The van der Waals surface area contributed by atoms with Gasteiger partial charge in [-0.25, -0.2) is 4.39 Å². The first-order valence-corrected chi connectivity index (χ1v) is 5.56. The largest absolute Gasteiger partial charge is 0.369 e. The zero-order chi connectivity index (χ0) is 12.8. The predicted octanol–water partition coefficient (Wildman–Crippen LogP) is 0.633. The minimum absolute atomic E-state index is 0.118. The van der Waals surface area contributed by atoms with Crippen LogP contribution in [0.25, 0.3) is 0 Å². The number of benzene rings is 1. The summed E-state index contributed by atoms with van der Waals surface area (Å²) in [7, 11) is 0. The zero-order valence-electron chi connectivity index (χ0n) is 9.90. The second-order valence-corrected chi connectivity index (χ2v) is 3.83. The Morgan fingerprint density at radius 3 is 2.41 bits per heavy atom. The van der Waals surface area contributed by atoms with E-state index in [0.717, 1.165) is 5.56 Å². The molecule has 0 spiro atoms. The van der Waals surface area contributed by atoms with Crippen molar-refractivity contribution in [1.82, 2.24) is 4.90 Å². The minimum Gasteiger partial charge on any atom is -0.369 e. The molecule has 0 aliphatic heterocycles. The van der Waals surface area contributed by atoms with Crippen molar-refractivity contribution in [3.05, 3.63) is 35.6 Å². The van der Waals surface area contributed by atoms with Gasteiger partial charge in [-0.1, -0.05) is 19.1 Å². The Bertz CT molecular complexity index is 367. The van der Waals surface area contributed by atoms with Gasteiger partial charge in [0, 0.05) is 12.6 Å². The summed E-state index contributed by atoms with van der Waals surface area (Å²) in [6, 6.07) is 6.01. The maximum atomic E-state index is 12.8. The van der Waals surface area contributed by atoms with Gasteiger partial charge >= 0.3 is 0 Å². The van der Waals surface area contributed by atoms with Crippen molar-refractivity contribution in [3.63, 3.8) is 0 Å². The SMILES string of the molecule is CCN(CC(N)=O)C(CN)c1ccc(F)cc1. The molecule has 1 rings (SSSR count). The zero-order valence-corrected chi connectivity index (χ0v) is 9.90. The highest BCUT2D eigenvalue weighted by Crippen LogP contribution is 2.19. The van der Waals surface area contributed by atoms with Crippen molar-refractivity contribution in [3.8, 4) is 0 Å². The van der Waals surface area contributed by atoms with Crippen molar-refractivity contribution < 1.29 is 9.18 Å². The third-order valence-corrected chi connectivity index (χ3v) is 2.68. The van der Waals surface area contributed by atoms with Crippen LogP contribution in [0.15, 0.2) is 24.3 Å². The number of halogens is 1. The highest BCUT2D eigenvalue weighted by molar-refractivity contribution is 5.76. The Morgan fingerprint density at radius 1 is 1.41 bits per heavy atom. The van der Waals surface area contributed by atoms with Gasteiger partial charge in [0.2, 0.25) is 5.91 Å². The van der Waals surface area contributed by atoms with Gasteiger partial charge in [0.05, 0.1) is 6.54 Å². The molecular weight excluding hydrogens is 221 g/mol. The van der Waals surface area contributed by atoms with E-state index in [4.69, 9.17) is 11.5 Å². The van der Waals surface area contributed by atoms with Crippen LogP contribution in [0.3, 0.4) is 0 Å². The van der Waals surface area contributed by atoms with Crippen molar-refractivity contribution in [2.45, 2.75) is 13.0 Å². The van der Waals surface area contributed by atoms with Crippen molar-refractivity contribution in [2.24, 2.45) is 11.5 Å². The molecule has 0 saturated heterocycles. The maximum absolute atomic E-state index is 12.8. The smallest absolute Gasteiger partial charge is 0.231 e. The van der Waals surface area contributed by atoms with E-state index < -0.39 is 5.91 Å². The van der Waals surface area contributed by atoms with E-state index >= 15 is 0 Å². The fourth-order valence-corrected chi connectivity index (χ4v) is 1.82. The molecule has 0 aromatic heterocycles. The van der Waals surface area contributed by atoms with Crippen LogP contribution < -0.4 is 11.5 Å². The molecule has 94 valence electrons. The number of carbonyl (C=O) groups is 1. The average molecular weight is 239 g/mol.